The maximum absolute atomic E-state index is 12.8. The van der Waals surface area contributed by atoms with Gasteiger partial charge in [0, 0.05) is 19.3 Å². The third-order valence-electron chi connectivity index (χ3n) is 12.6. The largest absolute Gasteiger partial charge is 0.462 e. The van der Waals surface area contributed by atoms with Gasteiger partial charge in [-0.1, -0.05) is 266 Å². The summed E-state index contributed by atoms with van der Waals surface area (Å²) >= 11 is 0. The maximum Gasteiger partial charge on any atom is 0.306 e. The fourth-order valence-corrected chi connectivity index (χ4v) is 8.47. The van der Waals surface area contributed by atoms with Gasteiger partial charge in [-0.15, -0.1) is 0 Å². The van der Waals surface area contributed by atoms with Crippen LogP contribution in [-0.2, 0) is 28.6 Å². The average molecular weight is 877 g/mol. The predicted octanol–water partition coefficient (Wildman–Crippen LogP) is 17.9. The molecule has 0 heterocycles. The van der Waals surface area contributed by atoms with E-state index in [1.165, 1.54) is 186 Å². The molecule has 0 N–H and O–H groups in total. The summed E-state index contributed by atoms with van der Waals surface area (Å²) in [6, 6.07) is 0. The highest BCUT2D eigenvalue weighted by atomic mass is 16.6. The van der Waals surface area contributed by atoms with E-state index < -0.39 is 6.10 Å². The summed E-state index contributed by atoms with van der Waals surface area (Å²) < 4.78 is 16.8. The average Bonchev–Trinajstić information content (AvgIpc) is 3.23. The van der Waals surface area contributed by atoms with Crippen molar-refractivity contribution in [3.05, 3.63) is 0 Å². The summed E-state index contributed by atoms with van der Waals surface area (Å²) in [6.07, 6.45) is 48.1. The molecule has 0 fully saturated rings. The van der Waals surface area contributed by atoms with Crippen LogP contribution < -0.4 is 0 Å². The fraction of sp³-hybridized carbons (Fsp3) is 0.946. The maximum atomic E-state index is 12.8. The summed E-state index contributed by atoms with van der Waals surface area (Å²) in [4.78, 5) is 38.0. The van der Waals surface area contributed by atoms with Crippen molar-refractivity contribution < 1.29 is 28.6 Å². The van der Waals surface area contributed by atoms with Gasteiger partial charge in [0.25, 0.3) is 0 Å². The second-order valence-electron chi connectivity index (χ2n) is 20.6. The number of unbranched alkanes of at least 4 members (excludes halogenated alkanes) is 32. The van der Waals surface area contributed by atoms with Crippen LogP contribution in [0, 0.1) is 17.8 Å². The number of hydrogen-bond acceptors (Lipinski definition) is 6. The van der Waals surface area contributed by atoms with E-state index >= 15 is 0 Å². The summed E-state index contributed by atoms with van der Waals surface area (Å²) in [5.74, 6) is 1.63. The molecule has 0 rings (SSSR count). The van der Waals surface area contributed by atoms with Crippen molar-refractivity contribution in [3.63, 3.8) is 0 Å². The Morgan fingerprint density at radius 2 is 0.468 bits per heavy atom. The van der Waals surface area contributed by atoms with Gasteiger partial charge in [0.2, 0.25) is 0 Å². The van der Waals surface area contributed by atoms with Gasteiger partial charge in [-0.2, -0.15) is 0 Å². The Balaban J connectivity index is 4.28. The summed E-state index contributed by atoms with van der Waals surface area (Å²) in [7, 11) is 0. The van der Waals surface area contributed by atoms with E-state index in [2.05, 4.69) is 41.5 Å². The molecular weight excluding hydrogens is 769 g/mol. The van der Waals surface area contributed by atoms with Crippen molar-refractivity contribution in [2.24, 2.45) is 17.8 Å². The molecule has 0 amide bonds. The molecule has 0 aromatic heterocycles. The summed E-state index contributed by atoms with van der Waals surface area (Å²) in [6.45, 7) is 13.7. The first kappa shape index (κ1) is 60.4. The van der Waals surface area contributed by atoms with Gasteiger partial charge in [0.1, 0.15) is 13.2 Å². The molecule has 6 nitrogen and oxygen atoms in total. The van der Waals surface area contributed by atoms with E-state index in [9.17, 15) is 14.4 Å². The van der Waals surface area contributed by atoms with Gasteiger partial charge in [0.15, 0.2) is 6.10 Å². The third kappa shape index (κ3) is 49.4. The molecule has 0 aromatic rings. The molecule has 0 aromatic carbocycles. The quantitative estimate of drug-likeness (QED) is 0.0344. The molecule has 0 radical (unpaired) electrons. The predicted molar refractivity (Wildman–Crippen MR) is 266 cm³/mol. The number of rotatable bonds is 49. The minimum absolute atomic E-state index is 0.0642. The number of ether oxygens (including phenoxy) is 3. The molecular formula is C56H108O6. The van der Waals surface area contributed by atoms with E-state index in [1.807, 2.05) is 0 Å². The molecule has 6 heteroatoms. The molecule has 0 aliphatic carbocycles. The number of carbonyl (C=O) groups is 3. The lowest BCUT2D eigenvalue weighted by atomic mass is 10.0. The highest BCUT2D eigenvalue weighted by Crippen LogP contribution is 2.18. The van der Waals surface area contributed by atoms with Crippen molar-refractivity contribution in [2.45, 2.75) is 311 Å². The Hall–Kier alpha value is -1.59. The zero-order valence-corrected chi connectivity index (χ0v) is 42.7. The molecule has 1 atom stereocenters. The number of carbonyl (C=O) groups excluding carboxylic acids is 3. The molecule has 62 heavy (non-hydrogen) atoms. The van der Waals surface area contributed by atoms with Gasteiger partial charge in [-0.25, -0.2) is 0 Å². The normalized spacial score (nSPS) is 12.1. The van der Waals surface area contributed by atoms with Gasteiger partial charge < -0.3 is 14.2 Å². The Morgan fingerprint density at radius 1 is 0.274 bits per heavy atom. The molecule has 0 saturated carbocycles. The van der Waals surface area contributed by atoms with E-state index in [4.69, 9.17) is 14.2 Å². The van der Waals surface area contributed by atoms with E-state index in [0.29, 0.717) is 19.3 Å². The number of esters is 3. The first-order valence-corrected chi connectivity index (χ1v) is 27.6. The SMILES string of the molecule is CC(C)CCCCCCCCCCCCCCCCC(=O)OC[C@@H](COC(=O)CCCCCCCCCCC(C)C)OC(=O)CCCCCCCCCCCCCCCC(C)C. The lowest BCUT2D eigenvalue weighted by Crippen LogP contribution is -2.30. The van der Waals surface area contributed by atoms with E-state index in [-0.39, 0.29) is 31.1 Å². The minimum Gasteiger partial charge on any atom is -0.462 e. The summed E-state index contributed by atoms with van der Waals surface area (Å²) in [5.41, 5.74) is 0. The highest BCUT2D eigenvalue weighted by molar-refractivity contribution is 5.71. The topological polar surface area (TPSA) is 78.9 Å². The van der Waals surface area contributed by atoms with E-state index in [0.717, 1.165) is 75.5 Å². The van der Waals surface area contributed by atoms with E-state index in [1.54, 1.807) is 0 Å². The Bertz CT molecular complexity index is 960. The van der Waals surface area contributed by atoms with Crippen LogP contribution in [0.3, 0.4) is 0 Å². The fourth-order valence-electron chi connectivity index (χ4n) is 8.47. The van der Waals surface area contributed by atoms with Crippen molar-refractivity contribution in [1.82, 2.24) is 0 Å². The lowest BCUT2D eigenvalue weighted by Gasteiger charge is -2.18. The molecule has 0 unspecified atom stereocenters. The molecule has 0 spiro atoms. The van der Waals surface area contributed by atoms with Crippen LogP contribution in [0.1, 0.15) is 305 Å². The van der Waals surface area contributed by atoms with Crippen LogP contribution in [0.15, 0.2) is 0 Å². The molecule has 368 valence electrons. The first-order chi connectivity index (χ1) is 30.1. The minimum atomic E-state index is -0.763. The third-order valence-corrected chi connectivity index (χ3v) is 12.6. The summed E-state index contributed by atoms with van der Waals surface area (Å²) in [5, 5.41) is 0. The van der Waals surface area contributed by atoms with Crippen LogP contribution in [-0.4, -0.2) is 37.2 Å². The Kier molecular flexibility index (Phi) is 46.2. The Labute approximate surface area is 387 Å². The molecule has 0 aliphatic heterocycles. The van der Waals surface area contributed by atoms with Crippen molar-refractivity contribution in [3.8, 4) is 0 Å². The van der Waals surface area contributed by atoms with Crippen LogP contribution in [0.2, 0.25) is 0 Å². The second kappa shape index (κ2) is 47.4. The smallest absolute Gasteiger partial charge is 0.306 e. The zero-order valence-electron chi connectivity index (χ0n) is 42.7. The molecule has 0 bridgehead atoms. The van der Waals surface area contributed by atoms with Gasteiger partial charge >= 0.3 is 17.9 Å². The zero-order chi connectivity index (χ0) is 45.6. The Morgan fingerprint density at radius 3 is 0.694 bits per heavy atom. The second-order valence-corrected chi connectivity index (χ2v) is 20.6. The number of hydrogen-bond donors (Lipinski definition) is 0. The van der Waals surface area contributed by atoms with Crippen molar-refractivity contribution in [2.75, 3.05) is 13.2 Å². The van der Waals surface area contributed by atoms with Crippen molar-refractivity contribution in [1.29, 1.82) is 0 Å². The monoisotopic (exact) mass is 877 g/mol. The molecule has 0 aliphatic rings. The van der Waals surface area contributed by atoms with Crippen LogP contribution in [0.5, 0.6) is 0 Å². The standard InChI is InChI=1S/C56H108O6/c1-50(2)42-36-30-24-18-14-10-7-8-12-16-20-27-33-39-45-54(57)60-48-53(49-61-55(58)46-40-34-28-23-22-26-32-38-44-52(5)6)62-56(59)47-41-35-29-21-17-13-9-11-15-19-25-31-37-43-51(3)4/h50-53H,7-49H2,1-6H3/t53-/m0/s1. The van der Waals surface area contributed by atoms with Gasteiger partial charge in [-0.3, -0.25) is 14.4 Å². The first-order valence-electron chi connectivity index (χ1n) is 27.6. The van der Waals surface area contributed by atoms with Crippen molar-refractivity contribution >= 4 is 17.9 Å². The van der Waals surface area contributed by atoms with Gasteiger partial charge in [0.05, 0.1) is 0 Å². The van der Waals surface area contributed by atoms with Gasteiger partial charge in [-0.05, 0) is 37.0 Å². The highest BCUT2D eigenvalue weighted by Gasteiger charge is 2.19. The van der Waals surface area contributed by atoms with Crippen LogP contribution >= 0.6 is 0 Å². The van der Waals surface area contributed by atoms with Crippen LogP contribution in [0.4, 0.5) is 0 Å². The van der Waals surface area contributed by atoms with Crippen LogP contribution in [0.25, 0.3) is 0 Å². The lowest BCUT2D eigenvalue weighted by molar-refractivity contribution is -0.167. The molecule has 0 saturated heterocycles.